The van der Waals surface area contributed by atoms with Crippen LogP contribution in [0.2, 0.25) is 0 Å². The molecule has 0 radical (unpaired) electrons. The van der Waals surface area contributed by atoms with Gasteiger partial charge in [-0.15, -0.1) is 0 Å². The zero-order chi connectivity index (χ0) is 10.3. The molecule has 1 aliphatic carbocycles. The van der Waals surface area contributed by atoms with Crippen LogP contribution in [0.4, 0.5) is 4.79 Å². The van der Waals surface area contributed by atoms with Gasteiger partial charge in [0.15, 0.2) is 0 Å². The molecule has 0 aromatic rings. The quantitative estimate of drug-likeness (QED) is 0.363. The smallest absolute Gasteiger partial charge is 0.321 e. The van der Waals surface area contributed by atoms with Gasteiger partial charge in [0.25, 0.3) is 0 Å². The molecule has 72 valence electrons. The molecule has 0 saturated carbocycles. The van der Waals surface area contributed by atoms with E-state index in [1.807, 2.05) is 5.32 Å². The van der Waals surface area contributed by atoms with Gasteiger partial charge in [-0.3, -0.25) is 19.7 Å². The summed E-state index contributed by atoms with van der Waals surface area (Å²) in [6, 6.07) is -1.34. The number of Topliss-reactive ketones (excluding diaryl/α,β-unsaturated/α-hetero) is 1. The van der Waals surface area contributed by atoms with E-state index in [0.29, 0.717) is 0 Å². The van der Waals surface area contributed by atoms with Crippen molar-refractivity contribution >= 4 is 23.5 Å². The van der Waals surface area contributed by atoms with E-state index in [0.717, 1.165) is 6.08 Å². The molecule has 0 spiro atoms. The number of nitrogens with one attached hydrogen (secondary N) is 2. The second-order valence-corrected chi connectivity index (χ2v) is 3.05. The molecular weight excluding hydrogens is 188 g/mol. The third-order valence-electron chi connectivity index (χ3n) is 2.16. The molecule has 1 heterocycles. The Kier molecular flexibility index (Phi) is 1.70. The minimum absolute atomic E-state index is 0.650. The first-order chi connectivity index (χ1) is 6.59. The highest BCUT2D eigenvalue weighted by Crippen LogP contribution is 2.16. The number of hydrogen-bond acceptors (Lipinski definition) is 4. The summed E-state index contributed by atoms with van der Waals surface area (Å²) in [5.74, 6) is -3.32. The van der Waals surface area contributed by atoms with Crippen LogP contribution in [0.15, 0.2) is 12.2 Å². The molecule has 0 aromatic carbocycles. The molecule has 2 atom stereocenters. The highest BCUT2D eigenvalue weighted by atomic mass is 16.2. The van der Waals surface area contributed by atoms with Crippen LogP contribution in [-0.4, -0.2) is 29.5 Å². The van der Waals surface area contributed by atoms with Crippen LogP contribution in [0, 0.1) is 5.92 Å². The average molecular weight is 194 g/mol. The van der Waals surface area contributed by atoms with Gasteiger partial charge in [-0.1, -0.05) is 6.08 Å². The second kappa shape index (κ2) is 2.76. The minimum atomic E-state index is -1.11. The highest BCUT2D eigenvalue weighted by Gasteiger charge is 2.43. The van der Waals surface area contributed by atoms with Crippen LogP contribution in [0.3, 0.4) is 0 Å². The molecule has 14 heavy (non-hydrogen) atoms. The van der Waals surface area contributed by atoms with Gasteiger partial charge in [0.05, 0.1) is 6.04 Å². The maximum Gasteiger partial charge on any atom is 0.321 e. The van der Waals surface area contributed by atoms with Crippen LogP contribution >= 0.6 is 0 Å². The molecule has 1 saturated heterocycles. The van der Waals surface area contributed by atoms with Crippen molar-refractivity contribution < 1.29 is 19.2 Å². The summed E-state index contributed by atoms with van der Waals surface area (Å²) in [7, 11) is 0. The molecule has 6 heteroatoms. The van der Waals surface area contributed by atoms with Crippen molar-refractivity contribution in [3.8, 4) is 0 Å². The Labute approximate surface area is 78.3 Å². The summed E-state index contributed by atoms with van der Waals surface area (Å²) in [5.41, 5.74) is 0. The van der Waals surface area contributed by atoms with Crippen molar-refractivity contribution in [1.29, 1.82) is 0 Å². The van der Waals surface area contributed by atoms with Crippen LogP contribution < -0.4 is 10.6 Å². The Hall–Kier alpha value is -1.98. The lowest BCUT2D eigenvalue weighted by atomic mass is 9.86. The van der Waals surface area contributed by atoms with Crippen molar-refractivity contribution in [2.45, 2.75) is 6.04 Å². The molecule has 2 aliphatic rings. The Morgan fingerprint density at radius 2 is 1.86 bits per heavy atom. The zero-order valence-electron chi connectivity index (χ0n) is 6.94. The molecule has 0 bridgehead atoms. The van der Waals surface area contributed by atoms with E-state index in [1.54, 1.807) is 0 Å². The number of amides is 3. The van der Waals surface area contributed by atoms with Crippen molar-refractivity contribution in [2.75, 3.05) is 0 Å². The number of ketones is 2. The Morgan fingerprint density at radius 1 is 1.14 bits per heavy atom. The lowest BCUT2D eigenvalue weighted by Crippen LogP contribution is -2.61. The van der Waals surface area contributed by atoms with E-state index in [9.17, 15) is 19.2 Å². The zero-order valence-corrected chi connectivity index (χ0v) is 6.94. The van der Waals surface area contributed by atoms with Crippen molar-refractivity contribution in [1.82, 2.24) is 10.6 Å². The third kappa shape index (κ3) is 1.12. The topological polar surface area (TPSA) is 92.3 Å². The molecule has 3 amide bonds. The summed E-state index contributed by atoms with van der Waals surface area (Å²) in [6.07, 6.45) is 2.42. The molecular formula is C8H6N2O4. The largest absolute Gasteiger partial charge is 0.330 e. The van der Waals surface area contributed by atoms with E-state index >= 15 is 0 Å². The van der Waals surface area contributed by atoms with Crippen molar-refractivity contribution in [3.05, 3.63) is 12.2 Å². The van der Waals surface area contributed by atoms with Crippen LogP contribution in [0.25, 0.3) is 0 Å². The molecule has 6 nitrogen and oxygen atoms in total. The maximum atomic E-state index is 11.3. The number of carbonyl (C=O) groups is 4. The fourth-order valence-corrected chi connectivity index (χ4v) is 1.49. The van der Waals surface area contributed by atoms with Gasteiger partial charge in [0.1, 0.15) is 5.92 Å². The molecule has 0 aromatic heterocycles. The lowest BCUT2D eigenvalue weighted by molar-refractivity contribution is -0.142. The lowest BCUT2D eigenvalue weighted by Gasteiger charge is -2.29. The highest BCUT2D eigenvalue weighted by molar-refractivity contribution is 6.46. The van der Waals surface area contributed by atoms with E-state index in [4.69, 9.17) is 0 Å². The number of carbonyl (C=O) groups excluding carboxylic acids is 4. The molecule has 1 fully saturated rings. The molecule has 2 unspecified atom stereocenters. The Morgan fingerprint density at radius 3 is 2.57 bits per heavy atom. The van der Waals surface area contributed by atoms with Crippen LogP contribution in [0.1, 0.15) is 0 Å². The summed E-state index contributed by atoms with van der Waals surface area (Å²) in [5, 5.41) is 4.30. The summed E-state index contributed by atoms with van der Waals surface area (Å²) in [4.78, 5) is 44.3. The molecule has 2 N–H and O–H groups in total. The number of urea groups is 1. The first-order valence-electron chi connectivity index (χ1n) is 3.97. The van der Waals surface area contributed by atoms with Gasteiger partial charge in [-0.2, -0.15) is 0 Å². The maximum absolute atomic E-state index is 11.3. The summed E-state index contributed by atoms with van der Waals surface area (Å²) in [6.45, 7) is 0. The number of fused-ring (bicyclic) bond motifs is 1. The van der Waals surface area contributed by atoms with E-state index in [1.165, 1.54) is 6.08 Å². The number of imide groups is 1. The van der Waals surface area contributed by atoms with E-state index in [2.05, 4.69) is 5.32 Å². The Bertz CT molecular complexity index is 385. The van der Waals surface area contributed by atoms with Gasteiger partial charge < -0.3 is 5.32 Å². The number of allylic oxidation sites excluding steroid dienone is 1. The molecule has 2 rings (SSSR count). The number of hydrogen-bond donors (Lipinski definition) is 2. The normalized spacial score (nSPS) is 30.9. The SMILES string of the molecule is O=C1NC(=O)C2C(=O)C(=O)C=CC2N1. The van der Waals surface area contributed by atoms with Crippen LogP contribution in [0.5, 0.6) is 0 Å². The Balaban J connectivity index is 2.37. The standard InChI is InChI=1S/C8H6N2O4/c11-4-2-1-3-5(6(4)12)7(13)10-8(14)9-3/h1-3,5H,(H2,9,10,13,14). The van der Waals surface area contributed by atoms with E-state index < -0.39 is 35.5 Å². The summed E-state index contributed by atoms with van der Waals surface area (Å²) >= 11 is 0. The van der Waals surface area contributed by atoms with Crippen molar-refractivity contribution in [3.63, 3.8) is 0 Å². The second-order valence-electron chi connectivity index (χ2n) is 3.05. The fraction of sp³-hybridized carbons (Fsp3) is 0.250. The predicted molar refractivity (Wildman–Crippen MR) is 43.1 cm³/mol. The monoisotopic (exact) mass is 194 g/mol. The fourth-order valence-electron chi connectivity index (χ4n) is 1.49. The first-order valence-corrected chi connectivity index (χ1v) is 3.97. The van der Waals surface area contributed by atoms with Gasteiger partial charge in [-0.25, -0.2) is 4.79 Å². The predicted octanol–water partition coefficient (Wildman–Crippen LogP) is -1.48. The third-order valence-corrected chi connectivity index (χ3v) is 2.16. The van der Waals surface area contributed by atoms with Gasteiger partial charge in [-0.05, 0) is 6.08 Å². The first kappa shape index (κ1) is 8.61. The molecule has 1 aliphatic heterocycles. The van der Waals surface area contributed by atoms with Gasteiger partial charge in [0, 0.05) is 0 Å². The van der Waals surface area contributed by atoms with Crippen molar-refractivity contribution in [2.24, 2.45) is 5.92 Å². The average Bonchev–Trinajstić information content (AvgIpc) is 2.10. The minimum Gasteiger partial charge on any atom is -0.330 e. The van der Waals surface area contributed by atoms with E-state index in [-0.39, 0.29) is 0 Å². The summed E-state index contributed by atoms with van der Waals surface area (Å²) < 4.78 is 0. The number of rotatable bonds is 0. The van der Waals surface area contributed by atoms with Crippen LogP contribution in [-0.2, 0) is 14.4 Å². The van der Waals surface area contributed by atoms with Gasteiger partial charge >= 0.3 is 6.03 Å². The van der Waals surface area contributed by atoms with Gasteiger partial charge in [0.2, 0.25) is 17.5 Å².